The molecule has 480 valence electrons. The Labute approximate surface area is 569 Å². The van der Waals surface area contributed by atoms with Gasteiger partial charge in [0.05, 0.1) is 10.0 Å². The summed E-state index contributed by atoms with van der Waals surface area (Å²) in [6.07, 6.45) is 4.99. The van der Waals surface area contributed by atoms with Crippen molar-refractivity contribution in [1.29, 1.82) is 0 Å². The largest absolute Gasteiger partial charge is 0.207 e. The van der Waals surface area contributed by atoms with Crippen LogP contribution in [-0.4, -0.2) is 0 Å². The van der Waals surface area contributed by atoms with Gasteiger partial charge in [0.25, 0.3) is 0 Å². The minimum absolute atomic E-state index is 0.0822. The monoisotopic (exact) mass is 1360 g/mol. The fourth-order valence-electron chi connectivity index (χ4n) is 8.31. The SMILES string of the molecule is CC(C)Cc1ccc(F)cc1.CC(C)Cc1cccc(Cl)c1.CC(C)Cc1cccc(F)c1.CC(C)Cc1ccccc1Cl.CC(C)Cc1ccccc1F.CC(C)c1cc(Cl)cc(Cl)c1.CC(C)c1cc(Cl)ccc1Cl.CC(C)c1ccc(Cl)c(Cl)c1. The van der Waals surface area contributed by atoms with Crippen LogP contribution in [0.15, 0.2) is 176 Å². The predicted molar refractivity (Wildman–Crippen MR) is 386 cm³/mol. The third kappa shape index (κ3) is 38.5. The summed E-state index contributed by atoms with van der Waals surface area (Å²) in [6, 6.07) is 53.4. The van der Waals surface area contributed by atoms with Gasteiger partial charge in [0.1, 0.15) is 17.5 Å². The zero-order chi connectivity index (χ0) is 66.6. The van der Waals surface area contributed by atoms with Crippen LogP contribution in [0, 0.1) is 47.0 Å². The molecule has 8 rings (SSSR count). The van der Waals surface area contributed by atoms with E-state index in [1.807, 2.05) is 109 Å². The van der Waals surface area contributed by atoms with Crippen molar-refractivity contribution in [3.8, 4) is 0 Å². The van der Waals surface area contributed by atoms with E-state index in [-0.39, 0.29) is 17.5 Å². The lowest BCUT2D eigenvalue weighted by atomic mass is 10.0. The highest BCUT2D eigenvalue weighted by Crippen LogP contribution is 2.28. The van der Waals surface area contributed by atoms with Gasteiger partial charge < -0.3 is 0 Å². The molecular weight excluding hydrogens is 1270 g/mol. The van der Waals surface area contributed by atoms with Crippen molar-refractivity contribution in [3.05, 3.63) is 278 Å². The molecule has 0 aliphatic carbocycles. The van der Waals surface area contributed by atoms with Crippen LogP contribution < -0.4 is 0 Å². The van der Waals surface area contributed by atoms with Gasteiger partial charge in [-0.05, 0) is 221 Å². The Morgan fingerprint density at radius 2 is 0.727 bits per heavy atom. The van der Waals surface area contributed by atoms with E-state index in [4.69, 9.17) is 92.8 Å². The summed E-state index contributed by atoms with van der Waals surface area (Å²) in [7, 11) is 0. The molecule has 11 heteroatoms. The molecule has 0 spiro atoms. The van der Waals surface area contributed by atoms with Crippen LogP contribution in [0.1, 0.15) is 173 Å². The van der Waals surface area contributed by atoms with Crippen LogP contribution in [-0.2, 0) is 32.1 Å². The minimum Gasteiger partial charge on any atom is -0.207 e. The maximum absolute atomic E-state index is 12.9. The first-order chi connectivity index (χ1) is 41.3. The van der Waals surface area contributed by atoms with Gasteiger partial charge in [-0.25, -0.2) is 13.2 Å². The Kier molecular flexibility index (Phi) is 42.0. The smallest absolute Gasteiger partial charge is 0.126 e. The average Bonchev–Trinajstić information content (AvgIpc) is 3.52. The predicted octanol–water partition coefficient (Wildman–Crippen LogP) is 28.5. The minimum atomic E-state index is -0.155. The van der Waals surface area contributed by atoms with Gasteiger partial charge in [-0.1, -0.05) is 282 Å². The highest BCUT2D eigenvalue weighted by molar-refractivity contribution is 6.42. The number of benzene rings is 8. The standard InChI is InChI=1S/2C10H13Cl.3C10H13F.3C9H10Cl2/c1-8(2)6-9-4-3-5-10(11)7-9;1-8(2)7-9-5-3-4-6-10(9)11;1-8(2)7-9-3-5-10(11)6-4-9;1-8(2)6-9-4-3-5-10(11)7-9;1-8(2)7-9-5-3-4-6-10(9)11;1-6(2)7-3-8(10)5-9(11)4-7;1-6(2)8-5-7(10)3-4-9(8)11;1-6(2)7-3-4-8(10)9(11)5-7/h3-5,7-8H,6H2,1-2H3;2*3-6,8H,7H2,1-2H3;3-5,7-8H,6H2,1-2H3;3-6,8H,7H2,1-2H3;3*3-6H,1-2H3. The van der Waals surface area contributed by atoms with Crippen LogP contribution >= 0.6 is 92.8 Å². The first kappa shape index (κ1) is 81.9. The maximum Gasteiger partial charge on any atom is 0.126 e. The molecule has 0 N–H and O–H groups in total. The molecule has 0 atom stereocenters. The lowest BCUT2D eigenvalue weighted by Crippen LogP contribution is -1.96. The quantitative estimate of drug-likeness (QED) is 0.108. The van der Waals surface area contributed by atoms with Crippen molar-refractivity contribution >= 4 is 92.8 Å². The number of halogens is 11. The molecule has 0 nitrogen and oxygen atoms in total. The maximum atomic E-state index is 12.9. The highest BCUT2D eigenvalue weighted by Gasteiger charge is 2.07. The van der Waals surface area contributed by atoms with Crippen LogP contribution in [0.25, 0.3) is 0 Å². The van der Waals surface area contributed by atoms with E-state index < -0.39 is 0 Å². The molecule has 0 aliphatic heterocycles. The summed E-state index contributed by atoms with van der Waals surface area (Å²) in [5, 5.41) is 5.95. The van der Waals surface area contributed by atoms with Gasteiger partial charge in [-0.15, -0.1) is 0 Å². The topological polar surface area (TPSA) is 0 Å². The zero-order valence-corrected chi connectivity index (χ0v) is 60.6. The molecule has 8 aromatic rings. The zero-order valence-electron chi connectivity index (χ0n) is 54.6. The Morgan fingerprint density at radius 1 is 0.273 bits per heavy atom. The third-order valence-electron chi connectivity index (χ3n) is 12.5. The molecule has 0 heterocycles. The summed E-state index contributed by atoms with van der Waals surface area (Å²) in [5.41, 5.74) is 9.21. The molecule has 0 bridgehead atoms. The average molecular weight is 1360 g/mol. The van der Waals surface area contributed by atoms with Crippen LogP contribution in [0.3, 0.4) is 0 Å². The van der Waals surface area contributed by atoms with Crippen LogP contribution in [0.4, 0.5) is 13.2 Å². The molecule has 0 aromatic heterocycles. The Morgan fingerprint density at radius 3 is 1.18 bits per heavy atom. The van der Waals surface area contributed by atoms with E-state index in [2.05, 4.69) is 123 Å². The van der Waals surface area contributed by atoms with Crippen LogP contribution in [0.5, 0.6) is 0 Å². The van der Waals surface area contributed by atoms with Crippen molar-refractivity contribution in [2.24, 2.45) is 29.6 Å². The van der Waals surface area contributed by atoms with Gasteiger partial charge in [0, 0.05) is 30.1 Å². The van der Waals surface area contributed by atoms with Gasteiger partial charge in [0.15, 0.2) is 0 Å². The number of hydrogen-bond donors (Lipinski definition) is 0. The van der Waals surface area contributed by atoms with Crippen molar-refractivity contribution in [1.82, 2.24) is 0 Å². The second kappa shape index (κ2) is 45.2. The summed E-state index contributed by atoms with van der Waals surface area (Å²) in [6.45, 7) is 34.2. The lowest BCUT2D eigenvalue weighted by molar-refractivity contribution is 0.574. The lowest BCUT2D eigenvalue weighted by Gasteiger charge is -2.07. The summed E-state index contributed by atoms with van der Waals surface area (Å²) in [4.78, 5) is 0. The molecule has 0 fully saturated rings. The summed E-state index contributed by atoms with van der Waals surface area (Å²) in [5.74, 6) is 4.17. The molecule has 0 aliphatic rings. The molecule has 88 heavy (non-hydrogen) atoms. The van der Waals surface area contributed by atoms with E-state index in [0.29, 0.717) is 67.4 Å². The van der Waals surface area contributed by atoms with Crippen LogP contribution in [0.2, 0.25) is 40.2 Å². The van der Waals surface area contributed by atoms with Crippen molar-refractivity contribution in [3.63, 3.8) is 0 Å². The fraction of sp³-hybridized carbons (Fsp3) is 0.377. The summed E-state index contributed by atoms with van der Waals surface area (Å²) >= 11 is 46.7. The third-order valence-corrected chi connectivity index (χ3v) is 14.9. The first-order valence-electron chi connectivity index (χ1n) is 30.3. The first-order valence-corrected chi connectivity index (χ1v) is 33.3. The molecular formula is C77H95Cl8F3. The number of rotatable bonds is 13. The Bertz CT molecular complexity index is 3040. The van der Waals surface area contributed by atoms with Gasteiger partial charge in [0.2, 0.25) is 0 Å². The van der Waals surface area contributed by atoms with E-state index in [9.17, 15) is 13.2 Å². The van der Waals surface area contributed by atoms with Crippen molar-refractivity contribution in [2.75, 3.05) is 0 Å². The van der Waals surface area contributed by atoms with Gasteiger partial charge >= 0.3 is 0 Å². The van der Waals surface area contributed by atoms with E-state index in [1.165, 1.54) is 52.1 Å². The fourth-order valence-corrected chi connectivity index (χ4v) is 10.1. The van der Waals surface area contributed by atoms with E-state index in [0.717, 1.165) is 68.9 Å². The normalized spacial score (nSPS) is 10.6. The van der Waals surface area contributed by atoms with Gasteiger partial charge in [-0.3, -0.25) is 0 Å². The molecule has 0 radical (unpaired) electrons. The highest BCUT2D eigenvalue weighted by atomic mass is 35.5. The van der Waals surface area contributed by atoms with Crippen molar-refractivity contribution in [2.45, 2.75) is 161 Å². The Hall–Kier alpha value is -4.13. The van der Waals surface area contributed by atoms with Crippen molar-refractivity contribution < 1.29 is 13.2 Å². The second-order valence-electron chi connectivity index (χ2n) is 24.6. The molecule has 0 saturated heterocycles. The van der Waals surface area contributed by atoms with E-state index >= 15 is 0 Å². The second-order valence-corrected chi connectivity index (χ2v) is 27.9. The van der Waals surface area contributed by atoms with E-state index in [1.54, 1.807) is 30.3 Å². The Balaban J connectivity index is 0.000000503. The molecule has 8 aromatic carbocycles. The molecule has 0 saturated carbocycles. The molecule has 0 unspecified atom stereocenters. The number of hydrogen-bond acceptors (Lipinski definition) is 0. The summed E-state index contributed by atoms with van der Waals surface area (Å²) < 4.78 is 38.0. The van der Waals surface area contributed by atoms with Gasteiger partial charge in [-0.2, -0.15) is 0 Å². The molecule has 0 amide bonds.